The summed E-state index contributed by atoms with van der Waals surface area (Å²) in [6.45, 7) is 27.0. The predicted molar refractivity (Wildman–Crippen MR) is 215 cm³/mol. The fourth-order valence-electron chi connectivity index (χ4n) is 8.41. The lowest BCUT2D eigenvalue weighted by molar-refractivity contribution is 0.884. The summed E-state index contributed by atoms with van der Waals surface area (Å²) in [6.07, 6.45) is 9.32. The van der Waals surface area contributed by atoms with E-state index in [2.05, 4.69) is 176 Å². The molecule has 0 bridgehead atoms. The molecule has 2 aliphatic rings. The number of hydrogen-bond acceptors (Lipinski definition) is 4. The van der Waals surface area contributed by atoms with Gasteiger partial charge in [0.15, 0.2) is 0 Å². The zero-order chi connectivity index (χ0) is 34.6. The molecule has 0 N–H and O–H groups in total. The summed E-state index contributed by atoms with van der Waals surface area (Å²) >= 11 is 0. The van der Waals surface area contributed by atoms with E-state index < -0.39 is 0 Å². The molecule has 250 valence electrons. The van der Waals surface area contributed by atoms with Gasteiger partial charge in [-0.25, -0.2) is 0 Å². The van der Waals surface area contributed by atoms with E-state index in [0.717, 1.165) is 0 Å². The van der Waals surface area contributed by atoms with Gasteiger partial charge in [-0.2, -0.15) is 0 Å². The first-order valence-electron chi connectivity index (χ1n) is 17.1. The van der Waals surface area contributed by atoms with E-state index in [1.54, 1.807) is 0 Å². The Balaban J connectivity index is 1.45. The van der Waals surface area contributed by atoms with E-state index in [0.29, 0.717) is 16.5 Å². The average molecular weight is 675 g/mol. The molecular formula is C42H52N4P2. The Bertz CT molecular complexity index is 1590. The number of hydrogen-bond donors (Lipinski definition) is 0. The fraction of sp³-hybridized carbons (Fsp3) is 0.333. The minimum atomic E-state index is 0.174. The van der Waals surface area contributed by atoms with E-state index in [4.69, 9.17) is 0 Å². The minimum Gasteiger partial charge on any atom is -0.321 e. The van der Waals surface area contributed by atoms with Crippen LogP contribution in [0.5, 0.6) is 0 Å². The zero-order valence-electron chi connectivity index (χ0n) is 30.9. The Hall–Kier alpha value is -3.58. The molecule has 0 spiro atoms. The molecule has 0 aliphatic carbocycles. The van der Waals surface area contributed by atoms with Gasteiger partial charge in [0, 0.05) is 47.5 Å². The molecule has 2 unspecified atom stereocenters. The van der Waals surface area contributed by atoms with Crippen LogP contribution < -0.4 is 19.6 Å². The van der Waals surface area contributed by atoms with Gasteiger partial charge in [-0.1, -0.05) is 70.8 Å². The third kappa shape index (κ3) is 6.31. The quantitative estimate of drug-likeness (QED) is 0.181. The maximum Gasteiger partial charge on any atom is 0.130 e. The minimum absolute atomic E-state index is 0.174. The van der Waals surface area contributed by atoms with Crippen LogP contribution in [0.3, 0.4) is 0 Å². The molecule has 0 amide bonds. The highest BCUT2D eigenvalue weighted by Gasteiger charge is 2.37. The highest BCUT2D eigenvalue weighted by atomic mass is 32.0. The summed E-state index contributed by atoms with van der Waals surface area (Å²) in [6, 6.07) is 18.7. The van der Waals surface area contributed by atoms with Crippen LogP contribution in [0.25, 0.3) is 0 Å². The number of nitrogens with zero attached hydrogens (tertiary/aromatic N) is 4. The Morgan fingerprint density at radius 2 is 0.479 bits per heavy atom. The molecule has 0 fully saturated rings. The third-order valence-corrected chi connectivity index (χ3v) is 13.6. The average Bonchev–Trinajstić information content (AvgIpc) is 3.54. The molecule has 6 heteroatoms. The highest BCUT2D eigenvalue weighted by molar-refractivity contribution is 8.12. The van der Waals surface area contributed by atoms with Crippen molar-refractivity contribution in [3.05, 3.63) is 140 Å². The van der Waals surface area contributed by atoms with Gasteiger partial charge in [0.2, 0.25) is 0 Å². The van der Waals surface area contributed by atoms with Gasteiger partial charge in [-0.15, -0.1) is 0 Å². The molecular weight excluding hydrogens is 622 g/mol. The van der Waals surface area contributed by atoms with Crippen molar-refractivity contribution in [1.82, 2.24) is 0 Å². The van der Waals surface area contributed by atoms with E-state index in [1.165, 1.54) is 89.5 Å². The molecule has 0 radical (unpaired) electrons. The van der Waals surface area contributed by atoms with E-state index >= 15 is 0 Å². The Morgan fingerprint density at radius 3 is 0.646 bits per heavy atom. The standard InChI is InChI=1S/C42H52N4P2/c1-25-17-29(5)37(30(6)18-25)43-13-14-44(38-31(7)19-26(2)20-32(38)8)41(43)47-48-42-45(39-33(9)21-27(3)22-34(39)10)15-16-46(42)40-35(11)23-28(4)24-36(40)12/h13-24,41-42,47-48H,1-12H3. The van der Waals surface area contributed by atoms with Gasteiger partial charge in [0.05, 0.1) is 0 Å². The van der Waals surface area contributed by atoms with Crippen molar-refractivity contribution in [1.29, 1.82) is 0 Å². The van der Waals surface area contributed by atoms with E-state index in [9.17, 15) is 0 Å². The normalized spacial score (nSPS) is 15.7. The fourth-order valence-corrected chi connectivity index (χ4v) is 12.7. The summed E-state index contributed by atoms with van der Waals surface area (Å²) in [7, 11) is 1.30. The molecule has 0 saturated carbocycles. The van der Waals surface area contributed by atoms with E-state index in [-0.39, 0.29) is 11.8 Å². The van der Waals surface area contributed by atoms with Crippen molar-refractivity contribution < 1.29 is 0 Å². The van der Waals surface area contributed by atoms with Crippen LogP contribution >= 0.6 is 16.5 Å². The van der Waals surface area contributed by atoms with Crippen molar-refractivity contribution in [3.8, 4) is 0 Å². The molecule has 4 aromatic carbocycles. The number of benzene rings is 4. The van der Waals surface area contributed by atoms with Crippen molar-refractivity contribution in [2.45, 2.75) is 94.9 Å². The zero-order valence-corrected chi connectivity index (χ0v) is 32.9. The van der Waals surface area contributed by atoms with Gasteiger partial charge in [-0.3, -0.25) is 0 Å². The molecule has 2 aliphatic heterocycles. The number of aryl methyl sites for hydroxylation is 12. The van der Waals surface area contributed by atoms with Crippen LogP contribution in [0.15, 0.2) is 73.3 Å². The molecule has 0 saturated heterocycles. The van der Waals surface area contributed by atoms with Gasteiger partial charge in [-0.05, 0) is 144 Å². The Kier molecular flexibility index (Phi) is 9.56. The number of anilines is 4. The first-order chi connectivity index (χ1) is 22.7. The molecule has 4 nitrogen and oxygen atoms in total. The summed E-state index contributed by atoms with van der Waals surface area (Å²) < 4.78 is 0. The van der Waals surface area contributed by atoms with Crippen LogP contribution in [0, 0.1) is 83.1 Å². The van der Waals surface area contributed by atoms with Crippen molar-refractivity contribution in [2.24, 2.45) is 0 Å². The molecule has 48 heavy (non-hydrogen) atoms. The van der Waals surface area contributed by atoms with Crippen molar-refractivity contribution in [3.63, 3.8) is 0 Å². The topological polar surface area (TPSA) is 13.0 Å². The number of rotatable bonds is 7. The van der Waals surface area contributed by atoms with Gasteiger partial charge >= 0.3 is 0 Å². The monoisotopic (exact) mass is 674 g/mol. The second-order valence-electron chi connectivity index (χ2n) is 14.3. The summed E-state index contributed by atoms with van der Waals surface area (Å²) in [4.78, 5) is 10.3. The molecule has 0 aromatic heterocycles. The van der Waals surface area contributed by atoms with Crippen LogP contribution in [-0.2, 0) is 0 Å². The molecule has 2 atom stereocenters. The van der Waals surface area contributed by atoms with Crippen LogP contribution in [0.2, 0.25) is 0 Å². The molecule has 2 heterocycles. The third-order valence-electron chi connectivity index (χ3n) is 9.75. The Morgan fingerprint density at radius 1 is 0.312 bits per heavy atom. The van der Waals surface area contributed by atoms with Crippen molar-refractivity contribution >= 4 is 39.3 Å². The van der Waals surface area contributed by atoms with Crippen LogP contribution in [0.4, 0.5) is 22.7 Å². The molecule has 6 rings (SSSR count). The summed E-state index contributed by atoms with van der Waals surface area (Å²) in [5, 5.41) is 0. The summed E-state index contributed by atoms with van der Waals surface area (Å²) in [5.41, 5.74) is 21.2. The SMILES string of the molecule is Cc1cc(C)c(N2C=CN(c3c(C)cc(C)cc3C)C2PPC2N(c3c(C)cc(C)cc3C)C=CN2c2c(C)cc(C)cc2C)c(C)c1. The smallest absolute Gasteiger partial charge is 0.130 e. The highest BCUT2D eigenvalue weighted by Crippen LogP contribution is 2.56. The lowest BCUT2D eigenvalue weighted by atomic mass is 10.0. The lowest BCUT2D eigenvalue weighted by Crippen LogP contribution is -2.38. The lowest BCUT2D eigenvalue weighted by Gasteiger charge is -2.39. The first-order valence-corrected chi connectivity index (χ1v) is 20.2. The van der Waals surface area contributed by atoms with Gasteiger partial charge < -0.3 is 19.6 Å². The van der Waals surface area contributed by atoms with E-state index in [1.807, 2.05) is 0 Å². The van der Waals surface area contributed by atoms with Gasteiger partial charge in [0.25, 0.3) is 0 Å². The predicted octanol–water partition coefficient (Wildman–Crippen LogP) is 11.5. The van der Waals surface area contributed by atoms with Gasteiger partial charge in [0.1, 0.15) is 11.8 Å². The first kappa shape index (κ1) is 34.3. The maximum absolute atomic E-state index is 2.57. The second-order valence-corrected chi connectivity index (χ2v) is 17.6. The second kappa shape index (κ2) is 13.4. The van der Waals surface area contributed by atoms with Crippen LogP contribution in [0.1, 0.15) is 66.8 Å². The molecule has 4 aromatic rings. The maximum atomic E-state index is 2.57. The summed E-state index contributed by atoms with van der Waals surface area (Å²) in [5.74, 6) is 0.349. The van der Waals surface area contributed by atoms with Crippen molar-refractivity contribution in [2.75, 3.05) is 19.6 Å². The van der Waals surface area contributed by atoms with Crippen LogP contribution in [-0.4, -0.2) is 11.8 Å². The largest absolute Gasteiger partial charge is 0.321 e. The Labute approximate surface area is 293 Å².